The van der Waals surface area contributed by atoms with Crippen LogP contribution in [0.1, 0.15) is 82.7 Å². The largest absolute Gasteiger partial charge is 0.444 e. The maximum atomic E-state index is 14.2. The van der Waals surface area contributed by atoms with Crippen molar-refractivity contribution in [3.05, 3.63) is 64.7 Å². The number of unbranched alkanes of at least 4 members (excludes halogenated alkanes) is 1. The van der Waals surface area contributed by atoms with Gasteiger partial charge in [0.25, 0.3) is 5.91 Å². The molecule has 2 N–H and O–H groups in total. The number of nitrogens with zero attached hydrogens (tertiary/aromatic N) is 1. The van der Waals surface area contributed by atoms with Crippen molar-refractivity contribution >= 4 is 23.6 Å². The van der Waals surface area contributed by atoms with Gasteiger partial charge in [-0.1, -0.05) is 63.6 Å². The molecule has 3 amide bonds. The van der Waals surface area contributed by atoms with Crippen LogP contribution in [0.2, 0.25) is 0 Å². The highest BCUT2D eigenvalue weighted by Gasteiger charge is 2.38. The summed E-state index contributed by atoms with van der Waals surface area (Å²) in [6, 6.07) is 11.6. The van der Waals surface area contributed by atoms with Crippen LogP contribution >= 0.6 is 0 Å². The Morgan fingerprint density at radius 3 is 2.16 bits per heavy atom. The number of para-hydroxylation sites is 1. The molecule has 7 nitrogen and oxygen atoms in total. The normalized spacial score (nSPS) is 13.0. The van der Waals surface area contributed by atoms with E-state index in [-0.39, 0.29) is 17.7 Å². The molecule has 0 bridgehead atoms. The number of aryl methyl sites for hydroxylation is 2. The number of carbonyl (C=O) groups is 3. The number of rotatable bonds is 10. The van der Waals surface area contributed by atoms with Crippen molar-refractivity contribution in [3.8, 4) is 0 Å². The molecule has 0 aliphatic carbocycles. The van der Waals surface area contributed by atoms with Crippen molar-refractivity contribution in [1.29, 1.82) is 0 Å². The SMILES string of the molecule is CCCCN(C(=O)C(NC(=O)OC(C)(C)C)C(C)C)C(C(=O)Nc1ccccc1C)c1cccc(C)c1C. The molecule has 208 valence electrons. The number of carbonyl (C=O) groups excluding carboxylic acids is 3. The lowest BCUT2D eigenvalue weighted by Gasteiger charge is -2.36. The number of anilines is 1. The monoisotopic (exact) mass is 523 g/mol. The number of ether oxygens (including phenoxy) is 1. The summed E-state index contributed by atoms with van der Waals surface area (Å²) >= 11 is 0. The number of benzene rings is 2. The van der Waals surface area contributed by atoms with E-state index in [9.17, 15) is 14.4 Å². The first kappa shape index (κ1) is 30.9. The molecule has 0 aliphatic heterocycles. The van der Waals surface area contributed by atoms with E-state index in [1.54, 1.807) is 25.7 Å². The van der Waals surface area contributed by atoms with Gasteiger partial charge in [0.1, 0.15) is 17.7 Å². The van der Waals surface area contributed by atoms with Crippen LogP contribution in [0.5, 0.6) is 0 Å². The molecule has 7 heteroatoms. The lowest BCUT2D eigenvalue weighted by atomic mass is 9.93. The third kappa shape index (κ3) is 8.33. The van der Waals surface area contributed by atoms with E-state index in [0.29, 0.717) is 18.7 Å². The predicted molar refractivity (Wildman–Crippen MR) is 153 cm³/mol. The van der Waals surface area contributed by atoms with Gasteiger partial charge in [0.2, 0.25) is 5.91 Å². The summed E-state index contributed by atoms with van der Waals surface area (Å²) in [6.07, 6.45) is 0.893. The first-order valence-electron chi connectivity index (χ1n) is 13.5. The second-order valence-electron chi connectivity index (χ2n) is 11.2. The van der Waals surface area contributed by atoms with Crippen LogP contribution < -0.4 is 10.6 Å². The molecule has 0 radical (unpaired) electrons. The van der Waals surface area contributed by atoms with E-state index < -0.39 is 23.8 Å². The fourth-order valence-corrected chi connectivity index (χ4v) is 4.26. The minimum atomic E-state index is -0.879. The first-order valence-corrected chi connectivity index (χ1v) is 13.5. The van der Waals surface area contributed by atoms with Crippen molar-refractivity contribution < 1.29 is 19.1 Å². The fraction of sp³-hybridized carbons (Fsp3) is 0.516. The molecule has 2 unspecified atom stereocenters. The summed E-state index contributed by atoms with van der Waals surface area (Å²) in [5.74, 6) is -0.833. The van der Waals surface area contributed by atoms with Gasteiger partial charge in [-0.15, -0.1) is 0 Å². The van der Waals surface area contributed by atoms with Crippen LogP contribution in [0.3, 0.4) is 0 Å². The maximum absolute atomic E-state index is 14.2. The van der Waals surface area contributed by atoms with Crippen molar-refractivity contribution in [2.75, 3.05) is 11.9 Å². The van der Waals surface area contributed by atoms with Crippen molar-refractivity contribution in [1.82, 2.24) is 10.2 Å². The number of hydrogen-bond acceptors (Lipinski definition) is 4. The second kappa shape index (κ2) is 13.4. The number of alkyl carbamates (subject to hydrolysis) is 1. The third-order valence-electron chi connectivity index (χ3n) is 6.54. The fourth-order valence-electron chi connectivity index (χ4n) is 4.26. The molecule has 2 rings (SSSR count). The van der Waals surface area contributed by atoms with Gasteiger partial charge in [0.05, 0.1) is 0 Å². The Morgan fingerprint density at radius 2 is 1.58 bits per heavy atom. The highest BCUT2D eigenvalue weighted by Crippen LogP contribution is 2.30. The lowest BCUT2D eigenvalue weighted by Crippen LogP contribution is -2.54. The molecule has 0 aliphatic rings. The molecule has 2 aromatic rings. The van der Waals surface area contributed by atoms with Gasteiger partial charge >= 0.3 is 6.09 Å². The Hall–Kier alpha value is -3.35. The third-order valence-corrected chi connectivity index (χ3v) is 6.54. The molecule has 0 saturated heterocycles. The summed E-state index contributed by atoms with van der Waals surface area (Å²) in [6.45, 7) is 17.4. The van der Waals surface area contributed by atoms with Crippen LogP contribution in [0.25, 0.3) is 0 Å². The molecule has 0 fully saturated rings. The average molecular weight is 524 g/mol. The summed E-state index contributed by atoms with van der Waals surface area (Å²) < 4.78 is 5.45. The Morgan fingerprint density at radius 1 is 0.947 bits per heavy atom. The molecular weight excluding hydrogens is 478 g/mol. The molecule has 0 aromatic heterocycles. The Bertz CT molecular complexity index is 1120. The van der Waals surface area contributed by atoms with Gasteiger partial charge < -0.3 is 20.3 Å². The summed E-state index contributed by atoms with van der Waals surface area (Å²) in [4.78, 5) is 42.5. The second-order valence-corrected chi connectivity index (χ2v) is 11.2. The summed E-state index contributed by atoms with van der Waals surface area (Å²) in [7, 11) is 0. The minimum absolute atomic E-state index is 0.224. The van der Waals surface area contributed by atoms with Crippen LogP contribution in [0.4, 0.5) is 10.5 Å². The summed E-state index contributed by atoms with van der Waals surface area (Å²) in [5, 5.41) is 5.84. The molecule has 38 heavy (non-hydrogen) atoms. The molecule has 0 saturated carbocycles. The molecular formula is C31H45N3O4. The Balaban J connectivity index is 2.58. The van der Waals surface area contributed by atoms with Crippen LogP contribution in [0, 0.1) is 26.7 Å². The number of amides is 3. The van der Waals surface area contributed by atoms with E-state index in [0.717, 1.165) is 28.7 Å². The summed E-state index contributed by atoms with van der Waals surface area (Å²) in [5.41, 5.74) is 3.67. The van der Waals surface area contributed by atoms with Crippen molar-refractivity contribution in [3.63, 3.8) is 0 Å². The van der Waals surface area contributed by atoms with Gasteiger partial charge in [0, 0.05) is 12.2 Å². The van der Waals surface area contributed by atoms with Gasteiger partial charge in [-0.3, -0.25) is 9.59 Å². The van der Waals surface area contributed by atoms with Gasteiger partial charge in [-0.05, 0) is 82.2 Å². The zero-order chi connectivity index (χ0) is 28.6. The zero-order valence-electron chi connectivity index (χ0n) is 24.5. The zero-order valence-corrected chi connectivity index (χ0v) is 24.5. The van der Waals surface area contributed by atoms with Crippen LogP contribution in [0.15, 0.2) is 42.5 Å². The standard InChI is InChI=1S/C31H45N3O4/c1-10-11-19-34(29(36)26(20(2)3)33-30(37)38-31(7,8)9)27(24-17-14-16-21(4)23(24)6)28(35)32-25-18-13-12-15-22(25)5/h12-18,20,26-27H,10-11,19H2,1-9H3,(H,32,35)(H,33,37). The number of nitrogens with one attached hydrogen (secondary N) is 2. The van der Waals surface area contributed by atoms with E-state index in [2.05, 4.69) is 10.6 Å². The topological polar surface area (TPSA) is 87.7 Å². The first-order chi connectivity index (χ1) is 17.8. The average Bonchev–Trinajstić information content (AvgIpc) is 2.82. The molecule has 0 heterocycles. The molecule has 2 aromatic carbocycles. The predicted octanol–water partition coefficient (Wildman–Crippen LogP) is 6.47. The smallest absolute Gasteiger partial charge is 0.408 e. The van der Waals surface area contributed by atoms with E-state index in [1.165, 1.54) is 0 Å². The van der Waals surface area contributed by atoms with Crippen LogP contribution in [-0.4, -0.2) is 41.0 Å². The Kier molecular flexibility index (Phi) is 10.9. The van der Waals surface area contributed by atoms with Crippen LogP contribution in [-0.2, 0) is 14.3 Å². The highest BCUT2D eigenvalue weighted by molar-refractivity contribution is 5.99. The minimum Gasteiger partial charge on any atom is -0.444 e. The van der Waals surface area contributed by atoms with E-state index in [1.807, 2.05) is 84.0 Å². The van der Waals surface area contributed by atoms with E-state index in [4.69, 9.17) is 4.74 Å². The molecule has 0 spiro atoms. The number of hydrogen-bond donors (Lipinski definition) is 2. The van der Waals surface area contributed by atoms with Gasteiger partial charge in [-0.2, -0.15) is 0 Å². The highest BCUT2D eigenvalue weighted by atomic mass is 16.6. The van der Waals surface area contributed by atoms with Crippen molar-refractivity contribution in [2.24, 2.45) is 5.92 Å². The quantitative estimate of drug-likeness (QED) is 0.374. The maximum Gasteiger partial charge on any atom is 0.408 e. The lowest BCUT2D eigenvalue weighted by molar-refractivity contribution is -0.141. The Labute approximate surface area is 228 Å². The van der Waals surface area contributed by atoms with Gasteiger partial charge in [0.15, 0.2) is 0 Å². The van der Waals surface area contributed by atoms with Gasteiger partial charge in [-0.25, -0.2) is 4.79 Å². The van der Waals surface area contributed by atoms with Crippen molar-refractivity contribution in [2.45, 2.75) is 92.8 Å². The molecule has 2 atom stereocenters. The van der Waals surface area contributed by atoms with E-state index >= 15 is 0 Å².